The van der Waals surface area contributed by atoms with Gasteiger partial charge in [0.25, 0.3) is 5.91 Å². The minimum atomic E-state index is -4.18. The molecule has 0 radical (unpaired) electrons. The third-order valence-corrected chi connectivity index (χ3v) is 8.51. The van der Waals surface area contributed by atoms with E-state index < -0.39 is 38.8 Å². The van der Waals surface area contributed by atoms with E-state index in [9.17, 15) is 28.2 Å². The summed E-state index contributed by atoms with van der Waals surface area (Å²) in [5.41, 5.74) is -1.92. The fraction of sp³-hybridized carbons (Fsp3) is 0.150. The Morgan fingerprint density at radius 3 is 2.33 bits per heavy atom. The van der Waals surface area contributed by atoms with Crippen molar-refractivity contribution in [1.82, 2.24) is 4.98 Å². The number of anilines is 1. The van der Waals surface area contributed by atoms with Gasteiger partial charge in [-0.3, -0.25) is 4.79 Å². The van der Waals surface area contributed by atoms with Crippen LogP contribution in [0.2, 0.25) is 5.02 Å². The molecular formula is C20H16ClN2NaO6S3. The van der Waals surface area contributed by atoms with E-state index >= 15 is 0 Å². The molecule has 0 saturated heterocycles. The average Bonchev–Trinajstić information content (AvgIpc) is 3.26. The summed E-state index contributed by atoms with van der Waals surface area (Å²) >= 11 is 7.95. The Balaban J connectivity index is 0.00000385. The number of sulfone groups is 1. The van der Waals surface area contributed by atoms with E-state index in [0.29, 0.717) is 20.6 Å². The molecule has 0 aliphatic rings. The molecule has 0 aliphatic carbocycles. The van der Waals surface area contributed by atoms with E-state index in [1.54, 1.807) is 29.6 Å². The number of carboxylic acids is 1. The number of aliphatic carboxylic acids is 1. The number of hydrogen-bond acceptors (Lipinski definition) is 9. The number of carbonyl (C=O) groups excluding carboxylic acids is 2. The number of carbonyl (C=O) groups is 2. The molecule has 1 heterocycles. The number of halogens is 1. The van der Waals surface area contributed by atoms with Crippen molar-refractivity contribution in [3.8, 4) is 0 Å². The zero-order valence-corrected chi connectivity index (χ0v) is 22.4. The molecule has 0 fully saturated rings. The summed E-state index contributed by atoms with van der Waals surface area (Å²) in [7, 11) is -4.18. The smallest absolute Gasteiger partial charge is 0.547 e. The molecule has 0 saturated carbocycles. The van der Waals surface area contributed by atoms with Gasteiger partial charge in [-0.1, -0.05) is 23.4 Å². The third kappa shape index (κ3) is 7.52. The van der Waals surface area contributed by atoms with Crippen LogP contribution in [0, 0.1) is 0 Å². The Morgan fingerprint density at radius 2 is 1.79 bits per heavy atom. The quantitative estimate of drug-likeness (QED) is 0.266. The molecule has 8 nitrogen and oxygen atoms in total. The predicted octanol–water partition coefficient (Wildman–Crippen LogP) is -0.900. The molecule has 13 heteroatoms. The van der Waals surface area contributed by atoms with Crippen LogP contribution in [0.4, 0.5) is 5.69 Å². The topological polar surface area (TPSA) is 136 Å². The van der Waals surface area contributed by atoms with Crippen molar-refractivity contribution in [2.45, 2.75) is 14.8 Å². The number of nitrogens with one attached hydrogen (secondary N) is 1. The van der Waals surface area contributed by atoms with Crippen molar-refractivity contribution >= 4 is 62.1 Å². The Bertz CT molecular complexity index is 1210. The fourth-order valence-electron chi connectivity index (χ4n) is 2.57. The van der Waals surface area contributed by atoms with Crippen molar-refractivity contribution in [2.75, 3.05) is 16.8 Å². The molecule has 1 amide bonds. The molecule has 33 heavy (non-hydrogen) atoms. The van der Waals surface area contributed by atoms with Gasteiger partial charge in [0, 0.05) is 33.6 Å². The number of nitrogens with zero attached hydrogens (tertiary/aromatic N) is 1. The number of thiazole rings is 1. The number of carboxylic acid groups (broad SMARTS) is 1. The number of amides is 1. The second-order valence-electron chi connectivity index (χ2n) is 6.65. The SMILES string of the molecule is O=C(Nc1ccc(S(=O)(=O)CC(O)(CSc2nccs2)C(=O)[O-])cc1)c1ccc(Cl)cc1.[Na+]. The van der Waals surface area contributed by atoms with Gasteiger partial charge in [0.1, 0.15) is 9.94 Å². The Labute approximate surface area is 225 Å². The number of rotatable bonds is 9. The number of aromatic nitrogens is 1. The van der Waals surface area contributed by atoms with E-state index in [0.717, 1.165) is 11.8 Å². The van der Waals surface area contributed by atoms with Crippen molar-refractivity contribution < 1.29 is 57.8 Å². The number of hydrogen-bond donors (Lipinski definition) is 2. The molecule has 0 bridgehead atoms. The zero-order valence-electron chi connectivity index (χ0n) is 17.2. The first kappa shape index (κ1) is 27.8. The van der Waals surface area contributed by atoms with Gasteiger partial charge in [0.2, 0.25) is 0 Å². The van der Waals surface area contributed by atoms with Gasteiger partial charge in [0.15, 0.2) is 9.84 Å². The molecule has 1 atom stereocenters. The number of thioether (sulfide) groups is 1. The van der Waals surface area contributed by atoms with Gasteiger partial charge < -0.3 is 20.3 Å². The van der Waals surface area contributed by atoms with Crippen LogP contribution in [-0.4, -0.2) is 47.5 Å². The van der Waals surface area contributed by atoms with E-state index in [1.165, 1.54) is 41.8 Å². The largest absolute Gasteiger partial charge is 1.00 e. The summed E-state index contributed by atoms with van der Waals surface area (Å²) in [6.07, 6.45) is 1.51. The van der Waals surface area contributed by atoms with Crippen LogP contribution in [0.5, 0.6) is 0 Å². The molecule has 3 rings (SSSR count). The molecular weight excluding hydrogens is 519 g/mol. The van der Waals surface area contributed by atoms with Crippen LogP contribution >= 0.6 is 34.7 Å². The molecule has 0 aliphatic heterocycles. The van der Waals surface area contributed by atoms with Crippen molar-refractivity contribution in [1.29, 1.82) is 0 Å². The van der Waals surface area contributed by atoms with Crippen LogP contribution < -0.4 is 40.0 Å². The standard InChI is InChI=1S/C20H17ClN2O6S3.Na/c21-14-3-1-13(2-4-14)17(24)23-15-5-7-16(8-6-15)32(28,29)12-20(27,18(25)26)11-31-19-22-9-10-30-19;/h1-10,27H,11-12H2,(H,23,24)(H,25,26);/q;+1/p-1. The summed E-state index contributed by atoms with van der Waals surface area (Å²) in [5.74, 6) is -3.83. The van der Waals surface area contributed by atoms with Gasteiger partial charge in [-0.2, -0.15) is 0 Å². The van der Waals surface area contributed by atoms with Crippen LogP contribution in [-0.2, 0) is 14.6 Å². The number of aliphatic hydroxyl groups is 1. The normalized spacial score (nSPS) is 12.9. The Kier molecular flexibility index (Phi) is 9.95. The Morgan fingerprint density at radius 1 is 1.15 bits per heavy atom. The molecule has 0 spiro atoms. The Hall–Kier alpha value is -1.44. The molecule has 2 aromatic carbocycles. The minimum Gasteiger partial charge on any atom is -0.547 e. The second-order valence-corrected chi connectivity index (χ2v) is 11.2. The number of benzene rings is 2. The molecule has 1 aromatic heterocycles. The van der Waals surface area contributed by atoms with E-state index in [-0.39, 0.29) is 34.5 Å². The molecule has 2 N–H and O–H groups in total. The zero-order chi connectivity index (χ0) is 23.4. The first-order valence-corrected chi connectivity index (χ1v) is 12.8. The third-order valence-electron chi connectivity index (χ3n) is 4.23. The molecule has 168 valence electrons. The van der Waals surface area contributed by atoms with E-state index in [2.05, 4.69) is 10.3 Å². The minimum absolute atomic E-state index is 0. The van der Waals surface area contributed by atoms with Crippen LogP contribution in [0.15, 0.2) is 69.3 Å². The maximum atomic E-state index is 12.7. The summed E-state index contributed by atoms with van der Waals surface area (Å²) in [6, 6.07) is 11.4. The maximum Gasteiger partial charge on any atom is 1.00 e. The van der Waals surface area contributed by atoms with Gasteiger partial charge in [0.05, 0.1) is 16.6 Å². The van der Waals surface area contributed by atoms with Gasteiger partial charge in [-0.25, -0.2) is 13.4 Å². The van der Waals surface area contributed by atoms with Gasteiger partial charge in [-0.15, -0.1) is 11.3 Å². The average molecular weight is 535 g/mol. The summed E-state index contributed by atoms with van der Waals surface area (Å²) in [4.78, 5) is 27.5. The van der Waals surface area contributed by atoms with Crippen molar-refractivity contribution in [2.24, 2.45) is 0 Å². The van der Waals surface area contributed by atoms with Crippen molar-refractivity contribution in [3.05, 3.63) is 70.7 Å². The second kappa shape index (κ2) is 11.8. The first-order valence-electron chi connectivity index (χ1n) is 8.95. The monoisotopic (exact) mass is 534 g/mol. The summed E-state index contributed by atoms with van der Waals surface area (Å²) < 4.78 is 25.9. The fourth-order valence-corrected chi connectivity index (χ4v) is 6.08. The molecule has 1 unspecified atom stereocenters. The van der Waals surface area contributed by atoms with Gasteiger partial charge in [-0.05, 0) is 48.5 Å². The predicted molar refractivity (Wildman–Crippen MR) is 121 cm³/mol. The van der Waals surface area contributed by atoms with Crippen LogP contribution in [0.3, 0.4) is 0 Å². The molecule has 3 aromatic rings. The van der Waals surface area contributed by atoms with E-state index in [4.69, 9.17) is 11.6 Å². The van der Waals surface area contributed by atoms with Crippen LogP contribution in [0.25, 0.3) is 0 Å². The maximum absolute atomic E-state index is 12.7. The summed E-state index contributed by atoms with van der Waals surface area (Å²) in [6.45, 7) is 0. The van der Waals surface area contributed by atoms with Crippen LogP contribution in [0.1, 0.15) is 10.4 Å². The van der Waals surface area contributed by atoms with Gasteiger partial charge >= 0.3 is 29.6 Å². The summed E-state index contributed by atoms with van der Waals surface area (Å²) in [5, 5.41) is 26.7. The first-order chi connectivity index (χ1) is 15.1. The van der Waals surface area contributed by atoms with Crippen molar-refractivity contribution in [3.63, 3.8) is 0 Å². The van der Waals surface area contributed by atoms with E-state index in [1.807, 2.05) is 0 Å².